The Morgan fingerprint density at radius 1 is 1.24 bits per heavy atom. The number of hydrogen-bond donors (Lipinski definition) is 1. The lowest BCUT2D eigenvalue weighted by molar-refractivity contribution is 0.536. The van der Waals surface area contributed by atoms with E-state index in [1.54, 1.807) is 0 Å². The predicted molar refractivity (Wildman–Crippen MR) is 76.6 cm³/mol. The maximum Gasteiger partial charge on any atom is 0.157 e. The number of hydrogen-bond acceptors (Lipinski definition) is 2. The van der Waals surface area contributed by atoms with Gasteiger partial charge in [0, 0.05) is 11.3 Å². The van der Waals surface area contributed by atoms with Gasteiger partial charge < -0.3 is 5.32 Å². The van der Waals surface area contributed by atoms with Gasteiger partial charge >= 0.3 is 0 Å². The molecule has 3 heteroatoms. The number of nitrogens with zero attached hydrogens (tertiary/aromatic N) is 1. The van der Waals surface area contributed by atoms with Gasteiger partial charge in [0.05, 0.1) is 6.54 Å². The zero-order valence-electron chi connectivity index (χ0n) is 10.8. The van der Waals surface area contributed by atoms with E-state index in [-0.39, 0.29) is 5.54 Å². The molecule has 2 nitrogen and oxygen atoms in total. The highest BCUT2D eigenvalue weighted by atomic mass is 32.2. The average Bonchev–Trinajstić information content (AvgIpc) is 2.67. The summed E-state index contributed by atoms with van der Waals surface area (Å²) in [5.41, 5.74) is 2.85. The fourth-order valence-corrected chi connectivity index (χ4v) is 2.81. The molecule has 0 radical (unpaired) electrons. The van der Waals surface area contributed by atoms with Crippen molar-refractivity contribution in [3.05, 3.63) is 35.4 Å². The number of benzene rings is 1. The summed E-state index contributed by atoms with van der Waals surface area (Å²) in [5.74, 6) is 1.10. The number of nitrogens with one attached hydrogen (secondary N) is 1. The van der Waals surface area contributed by atoms with Gasteiger partial charge in [-0.25, -0.2) is 0 Å². The minimum Gasteiger partial charge on any atom is -0.359 e. The first-order chi connectivity index (χ1) is 8.09. The quantitative estimate of drug-likeness (QED) is 0.888. The van der Waals surface area contributed by atoms with E-state index in [9.17, 15) is 0 Å². The van der Waals surface area contributed by atoms with Gasteiger partial charge in [-0.1, -0.05) is 43.0 Å². The van der Waals surface area contributed by atoms with Gasteiger partial charge in [-0.3, -0.25) is 4.99 Å². The van der Waals surface area contributed by atoms with Gasteiger partial charge in [0.2, 0.25) is 0 Å². The Kier molecular flexibility index (Phi) is 3.77. The lowest BCUT2D eigenvalue weighted by Gasteiger charge is -2.15. The first-order valence-corrected chi connectivity index (χ1v) is 7.11. The molecule has 1 saturated heterocycles. The number of aryl methyl sites for hydroxylation is 1. The third-order valence-corrected chi connectivity index (χ3v) is 4.22. The summed E-state index contributed by atoms with van der Waals surface area (Å²) in [6.07, 6.45) is 1.10. The lowest BCUT2D eigenvalue weighted by atomic mass is 10.1. The summed E-state index contributed by atoms with van der Waals surface area (Å²) in [7, 11) is 0. The summed E-state index contributed by atoms with van der Waals surface area (Å²) in [4.78, 5) is 4.61. The van der Waals surface area contributed by atoms with Crippen LogP contribution in [0.15, 0.2) is 29.3 Å². The van der Waals surface area contributed by atoms with Crippen molar-refractivity contribution in [1.82, 2.24) is 5.32 Å². The van der Waals surface area contributed by atoms with Crippen LogP contribution in [0.2, 0.25) is 0 Å². The Bertz CT molecular complexity index is 407. The number of thioether (sulfide) groups is 1. The zero-order valence-corrected chi connectivity index (χ0v) is 11.6. The van der Waals surface area contributed by atoms with Crippen molar-refractivity contribution in [2.24, 2.45) is 4.99 Å². The Morgan fingerprint density at radius 2 is 1.88 bits per heavy atom. The van der Waals surface area contributed by atoms with Crippen molar-refractivity contribution in [3.8, 4) is 0 Å². The highest BCUT2D eigenvalue weighted by molar-refractivity contribution is 8.14. The molecule has 0 spiro atoms. The zero-order chi connectivity index (χ0) is 12.3. The lowest BCUT2D eigenvalue weighted by Crippen LogP contribution is -2.36. The third-order valence-electron chi connectivity index (χ3n) is 2.85. The van der Waals surface area contributed by atoms with E-state index in [2.05, 4.69) is 55.3 Å². The predicted octanol–water partition coefficient (Wildman–Crippen LogP) is 3.22. The van der Waals surface area contributed by atoms with E-state index >= 15 is 0 Å². The van der Waals surface area contributed by atoms with Crippen LogP contribution >= 0.6 is 11.8 Å². The van der Waals surface area contributed by atoms with E-state index in [4.69, 9.17) is 0 Å². The number of amidine groups is 1. The van der Waals surface area contributed by atoms with E-state index in [0.29, 0.717) is 0 Å². The molecule has 1 aromatic carbocycles. The second-order valence-electron chi connectivity index (χ2n) is 5.09. The van der Waals surface area contributed by atoms with E-state index in [1.807, 2.05) is 11.8 Å². The van der Waals surface area contributed by atoms with Crippen molar-refractivity contribution in [2.45, 2.75) is 39.3 Å². The van der Waals surface area contributed by atoms with E-state index in [1.165, 1.54) is 11.1 Å². The molecule has 92 valence electrons. The second-order valence-corrected chi connectivity index (χ2v) is 6.05. The first kappa shape index (κ1) is 12.5. The van der Waals surface area contributed by atoms with Gasteiger partial charge in [-0.2, -0.15) is 0 Å². The van der Waals surface area contributed by atoms with Crippen molar-refractivity contribution >= 4 is 16.9 Å². The molecule has 1 aliphatic heterocycles. The summed E-state index contributed by atoms with van der Waals surface area (Å²) >= 11 is 1.82. The van der Waals surface area contributed by atoms with Crippen LogP contribution in [0.5, 0.6) is 0 Å². The smallest absolute Gasteiger partial charge is 0.157 e. The highest BCUT2D eigenvalue weighted by Crippen LogP contribution is 2.22. The van der Waals surface area contributed by atoms with Crippen molar-refractivity contribution in [1.29, 1.82) is 0 Å². The summed E-state index contributed by atoms with van der Waals surface area (Å²) in [6.45, 7) is 7.36. The summed E-state index contributed by atoms with van der Waals surface area (Å²) in [5, 5.41) is 4.51. The van der Waals surface area contributed by atoms with E-state index in [0.717, 1.165) is 23.9 Å². The van der Waals surface area contributed by atoms with Gasteiger partial charge in [-0.15, -0.1) is 0 Å². The summed E-state index contributed by atoms with van der Waals surface area (Å²) < 4.78 is 0. The summed E-state index contributed by atoms with van der Waals surface area (Å²) in [6, 6.07) is 8.73. The Labute approximate surface area is 108 Å². The van der Waals surface area contributed by atoms with Crippen LogP contribution < -0.4 is 5.32 Å². The molecular weight excluding hydrogens is 228 g/mol. The Balaban J connectivity index is 1.95. The molecule has 1 aromatic rings. The van der Waals surface area contributed by atoms with Crippen LogP contribution in [0.3, 0.4) is 0 Å². The number of aliphatic imine (C=N–C) groups is 1. The van der Waals surface area contributed by atoms with Crippen LogP contribution in [-0.2, 0) is 13.0 Å². The van der Waals surface area contributed by atoms with Crippen LogP contribution in [0.4, 0.5) is 0 Å². The third kappa shape index (κ3) is 3.50. The minimum absolute atomic E-state index is 0.190. The molecule has 0 saturated carbocycles. The Morgan fingerprint density at radius 3 is 2.41 bits per heavy atom. The second kappa shape index (κ2) is 5.13. The van der Waals surface area contributed by atoms with Gasteiger partial charge in [0.15, 0.2) is 5.17 Å². The maximum atomic E-state index is 4.61. The average molecular weight is 248 g/mol. The minimum atomic E-state index is 0.190. The SMILES string of the molecule is CCc1ccc(CN=C2NC(C)(C)CS2)cc1. The molecule has 1 N–H and O–H groups in total. The molecule has 0 aromatic heterocycles. The van der Waals surface area contributed by atoms with Crippen molar-refractivity contribution in [3.63, 3.8) is 0 Å². The van der Waals surface area contributed by atoms with Gasteiger partial charge in [0.1, 0.15) is 0 Å². The van der Waals surface area contributed by atoms with Crippen molar-refractivity contribution < 1.29 is 0 Å². The molecule has 1 heterocycles. The normalized spacial score (nSPS) is 20.5. The van der Waals surface area contributed by atoms with Gasteiger partial charge in [0.25, 0.3) is 0 Å². The van der Waals surface area contributed by atoms with Crippen LogP contribution in [0, 0.1) is 0 Å². The molecule has 0 bridgehead atoms. The fourth-order valence-electron chi connectivity index (χ4n) is 1.74. The molecule has 1 fully saturated rings. The van der Waals surface area contributed by atoms with Crippen LogP contribution in [0.1, 0.15) is 31.9 Å². The van der Waals surface area contributed by atoms with Crippen LogP contribution in [0.25, 0.3) is 0 Å². The highest BCUT2D eigenvalue weighted by Gasteiger charge is 2.26. The molecule has 0 aliphatic carbocycles. The molecule has 2 rings (SSSR count). The topological polar surface area (TPSA) is 24.4 Å². The Hall–Kier alpha value is -0.960. The standard InChI is InChI=1S/C14H20N2S/c1-4-11-5-7-12(8-6-11)9-15-13-16-14(2,3)10-17-13/h5-8H,4,9-10H2,1-3H3,(H,15,16). The molecule has 1 aliphatic rings. The van der Waals surface area contributed by atoms with E-state index < -0.39 is 0 Å². The molecule has 17 heavy (non-hydrogen) atoms. The molecule has 0 atom stereocenters. The number of rotatable bonds is 3. The maximum absolute atomic E-state index is 4.61. The van der Waals surface area contributed by atoms with Crippen molar-refractivity contribution in [2.75, 3.05) is 5.75 Å². The molecular formula is C14H20N2S. The van der Waals surface area contributed by atoms with Crippen LogP contribution in [-0.4, -0.2) is 16.5 Å². The largest absolute Gasteiger partial charge is 0.359 e. The monoisotopic (exact) mass is 248 g/mol. The van der Waals surface area contributed by atoms with Gasteiger partial charge in [-0.05, 0) is 31.4 Å². The molecule has 0 unspecified atom stereocenters. The molecule has 0 amide bonds. The first-order valence-electron chi connectivity index (χ1n) is 6.12. The fraction of sp³-hybridized carbons (Fsp3) is 0.500.